The fraction of sp³-hybridized carbons (Fsp3) is 0.854. The fourth-order valence-electron chi connectivity index (χ4n) is 12.6. The molecule has 5 aliphatic carbocycles. The van der Waals surface area contributed by atoms with Crippen LogP contribution in [0.2, 0.25) is 0 Å². The van der Waals surface area contributed by atoms with Crippen LogP contribution in [0.25, 0.3) is 0 Å². The number of ketones is 1. The van der Waals surface area contributed by atoms with E-state index >= 15 is 0 Å². The number of hydrogen-bond donors (Lipinski definition) is 0. The van der Waals surface area contributed by atoms with Crippen molar-refractivity contribution in [2.45, 2.75) is 166 Å². The normalized spacial score (nSPS) is 41.4. The summed E-state index contributed by atoms with van der Waals surface area (Å²) >= 11 is 0. The zero-order chi connectivity index (χ0) is 35.4. The highest BCUT2D eigenvalue weighted by molar-refractivity contribution is 6.04. The average molecular weight is 653 g/mol. The number of aldehydes is 1. The molecule has 4 fully saturated rings. The van der Waals surface area contributed by atoms with E-state index in [9.17, 15) is 19.2 Å². The topological polar surface area (TPSA) is 86.7 Å². The summed E-state index contributed by atoms with van der Waals surface area (Å²) in [5.74, 6) is 0.490. The summed E-state index contributed by atoms with van der Waals surface area (Å²) in [5.41, 5.74) is -0.378. The minimum Gasteiger partial charge on any atom is -0.462 e. The van der Waals surface area contributed by atoms with Gasteiger partial charge in [0.25, 0.3) is 0 Å². The number of esters is 2. The molecule has 0 radical (unpaired) electrons. The molecular formula is C41H64O6. The minimum atomic E-state index is -0.967. The first-order valence-corrected chi connectivity index (χ1v) is 18.5. The predicted octanol–water partition coefficient (Wildman–Crippen LogP) is 9.23. The van der Waals surface area contributed by atoms with Gasteiger partial charge in [-0.05, 0) is 137 Å². The maximum absolute atomic E-state index is 13.5. The molecule has 47 heavy (non-hydrogen) atoms. The van der Waals surface area contributed by atoms with Crippen molar-refractivity contribution >= 4 is 24.0 Å². The number of Topliss-reactive ketones (excluding diaryl/α,β-unsaturated/α-hetero) is 1. The van der Waals surface area contributed by atoms with Gasteiger partial charge in [0.05, 0.1) is 17.3 Å². The highest BCUT2D eigenvalue weighted by atomic mass is 16.6. The van der Waals surface area contributed by atoms with Crippen molar-refractivity contribution < 1.29 is 28.7 Å². The quantitative estimate of drug-likeness (QED) is 0.210. The molecular weight excluding hydrogens is 588 g/mol. The summed E-state index contributed by atoms with van der Waals surface area (Å²) in [7, 11) is 0. The molecule has 0 spiro atoms. The van der Waals surface area contributed by atoms with Gasteiger partial charge in [-0.1, -0.05) is 55.4 Å². The van der Waals surface area contributed by atoms with Gasteiger partial charge in [0.2, 0.25) is 0 Å². The van der Waals surface area contributed by atoms with Crippen LogP contribution >= 0.6 is 0 Å². The number of allylic oxidation sites excluding steroid dienone is 2. The molecule has 0 heterocycles. The largest absolute Gasteiger partial charge is 0.462 e. The summed E-state index contributed by atoms with van der Waals surface area (Å²) < 4.78 is 11.9. The van der Waals surface area contributed by atoms with Crippen LogP contribution in [0.5, 0.6) is 0 Å². The summed E-state index contributed by atoms with van der Waals surface area (Å²) in [6, 6.07) is 0. The lowest BCUT2D eigenvalue weighted by Gasteiger charge is -2.74. The Bertz CT molecular complexity index is 1380. The van der Waals surface area contributed by atoms with Crippen LogP contribution < -0.4 is 0 Å². The Morgan fingerprint density at radius 2 is 1.49 bits per heavy atom. The molecule has 4 saturated carbocycles. The van der Waals surface area contributed by atoms with Gasteiger partial charge >= 0.3 is 11.9 Å². The van der Waals surface area contributed by atoms with Crippen LogP contribution in [0.1, 0.15) is 154 Å². The van der Waals surface area contributed by atoms with Crippen molar-refractivity contribution in [1.82, 2.24) is 0 Å². The Morgan fingerprint density at radius 1 is 0.872 bits per heavy atom. The lowest BCUT2D eigenvalue weighted by molar-refractivity contribution is -0.248. The number of ether oxygens (including phenoxy) is 2. The van der Waals surface area contributed by atoms with Gasteiger partial charge in [-0.3, -0.25) is 14.4 Å². The SMILES string of the molecule is CC(C)C1=C2[C@@](C=O)(CC[C@]3(C)[C@]2(C)CC[C@@H]2[C@@]4(C)CC[C@H](OC(=O)CC(C)(C)C(=O)OC(C)(C)C)C(C)(C)[C@H]4CC[C@]23C)CC1=O. The van der Waals surface area contributed by atoms with E-state index in [0.29, 0.717) is 18.3 Å². The first-order chi connectivity index (χ1) is 21.4. The lowest BCUT2D eigenvalue weighted by atomic mass is 9.30. The van der Waals surface area contributed by atoms with E-state index in [1.54, 1.807) is 13.8 Å². The molecule has 5 rings (SSSR count). The highest BCUT2D eigenvalue weighted by Gasteiger charge is 2.73. The molecule has 0 aromatic carbocycles. The first-order valence-electron chi connectivity index (χ1n) is 18.5. The van der Waals surface area contributed by atoms with E-state index < -0.39 is 16.4 Å². The van der Waals surface area contributed by atoms with Crippen molar-refractivity contribution in [3.8, 4) is 0 Å². The summed E-state index contributed by atoms with van der Waals surface area (Å²) in [6.45, 7) is 27.9. The molecule has 0 saturated heterocycles. The van der Waals surface area contributed by atoms with Gasteiger partial charge in [0.1, 0.15) is 18.0 Å². The molecule has 0 amide bonds. The van der Waals surface area contributed by atoms with Crippen LogP contribution in [0, 0.1) is 55.7 Å². The van der Waals surface area contributed by atoms with E-state index in [1.165, 1.54) is 5.57 Å². The van der Waals surface area contributed by atoms with Crippen molar-refractivity contribution in [3.05, 3.63) is 11.1 Å². The molecule has 6 heteroatoms. The van der Waals surface area contributed by atoms with Gasteiger partial charge in [-0.25, -0.2) is 0 Å². The van der Waals surface area contributed by atoms with Crippen molar-refractivity contribution in [1.29, 1.82) is 0 Å². The van der Waals surface area contributed by atoms with Crippen LogP contribution in [0.3, 0.4) is 0 Å². The molecule has 0 N–H and O–H groups in total. The van der Waals surface area contributed by atoms with E-state index in [2.05, 4.69) is 55.4 Å². The molecule has 0 aromatic rings. The van der Waals surface area contributed by atoms with Gasteiger partial charge in [-0.2, -0.15) is 0 Å². The monoisotopic (exact) mass is 652 g/mol. The molecule has 0 aliphatic heterocycles. The van der Waals surface area contributed by atoms with Crippen LogP contribution in [-0.2, 0) is 28.7 Å². The van der Waals surface area contributed by atoms with E-state index in [0.717, 1.165) is 63.2 Å². The molecule has 0 aromatic heterocycles. The Morgan fingerprint density at radius 3 is 2.06 bits per heavy atom. The highest BCUT2D eigenvalue weighted by Crippen LogP contribution is 2.80. The van der Waals surface area contributed by atoms with Crippen LogP contribution in [0.15, 0.2) is 11.1 Å². The van der Waals surface area contributed by atoms with E-state index in [4.69, 9.17) is 9.47 Å². The summed E-state index contributed by atoms with van der Waals surface area (Å²) in [6.07, 6.45) is 9.07. The van der Waals surface area contributed by atoms with Gasteiger partial charge in [0, 0.05) is 11.8 Å². The molecule has 264 valence electrons. The van der Waals surface area contributed by atoms with E-state index in [1.807, 2.05) is 20.8 Å². The van der Waals surface area contributed by atoms with Gasteiger partial charge < -0.3 is 14.3 Å². The van der Waals surface area contributed by atoms with Crippen LogP contribution in [0.4, 0.5) is 0 Å². The second kappa shape index (κ2) is 11.0. The molecule has 8 atom stereocenters. The second-order valence-electron chi connectivity index (χ2n) is 20.0. The number of fused-ring (bicyclic) bond motifs is 7. The summed E-state index contributed by atoms with van der Waals surface area (Å²) in [5, 5.41) is 0. The third-order valence-corrected chi connectivity index (χ3v) is 15.2. The Labute approximate surface area is 284 Å². The molecule has 0 bridgehead atoms. The van der Waals surface area contributed by atoms with Gasteiger partial charge in [-0.15, -0.1) is 0 Å². The minimum absolute atomic E-state index is 0.00688. The zero-order valence-electron chi connectivity index (χ0n) is 31.9. The Kier molecular flexibility index (Phi) is 8.50. The molecule has 6 nitrogen and oxygen atoms in total. The number of rotatable bonds is 6. The Hall–Kier alpha value is -1.98. The van der Waals surface area contributed by atoms with Crippen molar-refractivity contribution in [3.63, 3.8) is 0 Å². The zero-order valence-corrected chi connectivity index (χ0v) is 31.9. The summed E-state index contributed by atoms with van der Waals surface area (Å²) in [4.78, 5) is 52.7. The maximum Gasteiger partial charge on any atom is 0.312 e. The number of carbonyl (C=O) groups is 4. The molecule has 5 aliphatic rings. The fourth-order valence-corrected chi connectivity index (χ4v) is 12.6. The maximum atomic E-state index is 13.5. The third-order valence-electron chi connectivity index (χ3n) is 15.2. The molecule has 0 unspecified atom stereocenters. The number of hydrogen-bond acceptors (Lipinski definition) is 6. The Balaban J connectivity index is 1.41. The smallest absolute Gasteiger partial charge is 0.312 e. The standard InChI is InChI=1S/C41H64O6/c1-25(2)31-26(43)22-41(24-42)21-20-40(13)38(11)18-14-27-36(8,9)29(46-30(44)23-35(6,7)33(45)47-34(3,4)5)16-17-37(27,10)28(38)15-19-39(40,12)32(31)41/h24-25,27-29H,14-23H2,1-13H3/t27-,28-,29+,37+,38-,39-,40+,41+/m1/s1. The number of carbonyl (C=O) groups excluding carboxylic acids is 4. The second-order valence-corrected chi connectivity index (χ2v) is 20.0. The van der Waals surface area contributed by atoms with Crippen LogP contribution in [-0.4, -0.2) is 35.7 Å². The first kappa shape index (κ1) is 36.3. The lowest BCUT2D eigenvalue weighted by Crippen LogP contribution is -2.68. The van der Waals surface area contributed by atoms with Crippen molar-refractivity contribution in [2.24, 2.45) is 55.7 Å². The predicted molar refractivity (Wildman–Crippen MR) is 184 cm³/mol. The van der Waals surface area contributed by atoms with E-state index in [-0.39, 0.29) is 63.2 Å². The van der Waals surface area contributed by atoms with Gasteiger partial charge in [0.15, 0.2) is 5.78 Å². The third kappa shape index (κ3) is 5.14. The van der Waals surface area contributed by atoms with Crippen molar-refractivity contribution in [2.75, 3.05) is 0 Å². The average Bonchev–Trinajstić information content (AvgIpc) is 3.24.